The fourth-order valence-electron chi connectivity index (χ4n) is 3.98. The van der Waals surface area contributed by atoms with E-state index < -0.39 is 4.92 Å². The summed E-state index contributed by atoms with van der Waals surface area (Å²) in [5, 5.41) is 20.4. The maximum atomic E-state index is 12.9. The minimum atomic E-state index is -0.410. The van der Waals surface area contributed by atoms with E-state index in [2.05, 4.69) is 55.2 Å². The van der Waals surface area contributed by atoms with E-state index in [0.717, 1.165) is 22.6 Å². The molecule has 1 aromatic heterocycles. The number of carbonyl (C=O) groups excluding carboxylic acids is 1. The molecule has 0 bridgehead atoms. The van der Waals surface area contributed by atoms with Crippen molar-refractivity contribution in [1.82, 2.24) is 14.8 Å². The highest BCUT2D eigenvalue weighted by Gasteiger charge is 2.27. The lowest BCUT2D eigenvalue weighted by atomic mass is 9.87. The van der Waals surface area contributed by atoms with Crippen LogP contribution in [0.5, 0.6) is 0 Å². The Morgan fingerprint density at radius 2 is 1.88 bits per heavy atom. The van der Waals surface area contributed by atoms with Gasteiger partial charge in [-0.15, -0.1) is 10.2 Å². The van der Waals surface area contributed by atoms with Crippen LogP contribution >= 0.6 is 11.8 Å². The number of nitro groups is 1. The van der Waals surface area contributed by atoms with Gasteiger partial charge in [0.1, 0.15) is 0 Å². The van der Waals surface area contributed by atoms with E-state index >= 15 is 0 Å². The van der Waals surface area contributed by atoms with Crippen molar-refractivity contribution in [3.63, 3.8) is 0 Å². The summed E-state index contributed by atoms with van der Waals surface area (Å²) in [7, 11) is 0. The van der Waals surface area contributed by atoms with E-state index in [4.69, 9.17) is 0 Å². The number of rotatable bonds is 6. The third-order valence-corrected chi connectivity index (χ3v) is 6.79. The molecule has 1 aliphatic rings. The van der Waals surface area contributed by atoms with Crippen LogP contribution < -0.4 is 4.90 Å². The molecule has 4 rings (SSSR count). The molecule has 0 radical (unpaired) electrons. The molecule has 9 heteroatoms. The molecule has 8 nitrogen and oxygen atoms in total. The largest absolute Gasteiger partial charge is 0.311 e. The van der Waals surface area contributed by atoms with Gasteiger partial charge in [0.25, 0.3) is 5.69 Å². The number of hydrogen-bond acceptors (Lipinski definition) is 6. The van der Waals surface area contributed by atoms with Gasteiger partial charge in [-0.3, -0.25) is 14.9 Å². The maximum Gasteiger partial charge on any atom is 0.269 e. The van der Waals surface area contributed by atoms with Crippen LogP contribution in [0.25, 0.3) is 11.4 Å². The number of nitro benzene ring substituents is 1. The number of fused-ring (bicyclic) bond motifs is 1. The van der Waals surface area contributed by atoms with Gasteiger partial charge in [0.15, 0.2) is 11.0 Å². The molecule has 0 unspecified atom stereocenters. The normalized spacial score (nSPS) is 13.3. The van der Waals surface area contributed by atoms with Crippen LogP contribution in [0.2, 0.25) is 0 Å². The molecule has 0 saturated heterocycles. The van der Waals surface area contributed by atoms with E-state index in [1.807, 2.05) is 11.5 Å². The Morgan fingerprint density at radius 3 is 2.52 bits per heavy atom. The molecule has 1 amide bonds. The number of anilines is 1. The van der Waals surface area contributed by atoms with Gasteiger partial charge >= 0.3 is 0 Å². The van der Waals surface area contributed by atoms with Crippen molar-refractivity contribution in [3.8, 4) is 11.4 Å². The van der Waals surface area contributed by atoms with Crippen LogP contribution in [-0.4, -0.2) is 37.9 Å². The molecule has 3 aromatic rings. The fraction of sp³-hybridized carbons (Fsp3) is 0.375. The highest BCUT2D eigenvalue weighted by molar-refractivity contribution is 7.99. The second-order valence-electron chi connectivity index (χ2n) is 9.03. The van der Waals surface area contributed by atoms with E-state index in [9.17, 15) is 14.9 Å². The number of amides is 1. The summed E-state index contributed by atoms with van der Waals surface area (Å²) in [6, 6.07) is 13.0. The average Bonchev–Trinajstić information content (AvgIpc) is 3.40. The first kappa shape index (κ1) is 23.0. The lowest BCUT2D eigenvalue weighted by Crippen LogP contribution is -2.30. The van der Waals surface area contributed by atoms with Crippen LogP contribution in [0.4, 0.5) is 11.4 Å². The van der Waals surface area contributed by atoms with E-state index in [1.54, 1.807) is 17.0 Å². The van der Waals surface area contributed by atoms with Gasteiger partial charge in [-0.05, 0) is 36.0 Å². The molecule has 0 atom stereocenters. The van der Waals surface area contributed by atoms with Gasteiger partial charge in [-0.25, -0.2) is 0 Å². The van der Waals surface area contributed by atoms with Crippen LogP contribution in [0.3, 0.4) is 0 Å². The second-order valence-corrected chi connectivity index (χ2v) is 9.97. The van der Waals surface area contributed by atoms with Gasteiger partial charge in [0.2, 0.25) is 5.91 Å². The van der Waals surface area contributed by atoms with Gasteiger partial charge < -0.3 is 9.47 Å². The van der Waals surface area contributed by atoms with Crippen molar-refractivity contribution in [2.75, 3.05) is 17.2 Å². The molecule has 0 saturated carbocycles. The fourth-order valence-corrected chi connectivity index (χ4v) is 4.86. The van der Waals surface area contributed by atoms with Crippen LogP contribution in [0.15, 0.2) is 47.6 Å². The SMILES string of the molecule is CCn1c(SCC(=O)N2CCc3cc([N+](=O)[O-])ccc32)nnc1-c1ccc(C(C)(C)C)cc1. The van der Waals surface area contributed by atoms with E-state index in [-0.39, 0.29) is 22.8 Å². The molecule has 172 valence electrons. The van der Waals surface area contributed by atoms with Gasteiger partial charge in [0.05, 0.1) is 10.7 Å². The van der Waals surface area contributed by atoms with Crippen LogP contribution in [0.1, 0.15) is 38.8 Å². The van der Waals surface area contributed by atoms with Crippen molar-refractivity contribution in [3.05, 3.63) is 63.7 Å². The Labute approximate surface area is 197 Å². The van der Waals surface area contributed by atoms with Gasteiger partial charge in [-0.2, -0.15) is 0 Å². The monoisotopic (exact) mass is 465 g/mol. The minimum absolute atomic E-state index is 0.0469. The molecular weight excluding hydrogens is 438 g/mol. The zero-order valence-electron chi connectivity index (χ0n) is 19.2. The summed E-state index contributed by atoms with van der Waals surface area (Å²) in [5.74, 6) is 0.957. The average molecular weight is 466 g/mol. The smallest absolute Gasteiger partial charge is 0.269 e. The number of aromatic nitrogens is 3. The Hall–Kier alpha value is -3.20. The first-order valence-electron chi connectivity index (χ1n) is 10.9. The predicted molar refractivity (Wildman–Crippen MR) is 130 cm³/mol. The number of carbonyl (C=O) groups is 1. The number of thioether (sulfide) groups is 1. The summed E-state index contributed by atoms with van der Waals surface area (Å²) in [6.07, 6.45) is 0.618. The van der Waals surface area contributed by atoms with Crippen molar-refractivity contribution in [2.45, 2.75) is 51.2 Å². The van der Waals surface area contributed by atoms with Gasteiger partial charge in [0, 0.05) is 36.5 Å². The number of benzene rings is 2. The number of non-ortho nitro benzene ring substituents is 1. The summed E-state index contributed by atoms with van der Waals surface area (Å²) in [4.78, 5) is 25.2. The van der Waals surface area contributed by atoms with Crippen LogP contribution in [0, 0.1) is 10.1 Å². The Bertz CT molecular complexity index is 1200. The molecule has 33 heavy (non-hydrogen) atoms. The third kappa shape index (κ3) is 4.64. The second kappa shape index (κ2) is 8.97. The van der Waals surface area contributed by atoms with Gasteiger partial charge in [-0.1, -0.05) is 56.8 Å². The zero-order chi connectivity index (χ0) is 23.8. The standard InChI is InChI=1S/C24H27N5O3S/c1-5-27-22(16-6-8-18(9-7-16)24(2,3)4)25-26-23(27)33-15-21(30)28-13-12-17-14-19(29(31)32)10-11-20(17)28/h6-11,14H,5,12-13,15H2,1-4H3. The topological polar surface area (TPSA) is 94.2 Å². The molecule has 0 spiro atoms. The first-order valence-corrected chi connectivity index (χ1v) is 11.9. The predicted octanol–water partition coefficient (Wildman–Crippen LogP) is 4.85. The van der Waals surface area contributed by atoms with Crippen molar-refractivity contribution in [2.24, 2.45) is 0 Å². The minimum Gasteiger partial charge on any atom is -0.311 e. The molecular formula is C24H27N5O3S. The summed E-state index contributed by atoms with van der Waals surface area (Å²) in [5.41, 5.74) is 3.97. The van der Waals surface area contributed by atoms with E-state index in [0.29, 0.717) is 24.7 Å². The third-order valence-electron chi connectivity index (χ3n) is 5.84. The zero-order valence-corrected chi connectivity index (χ0v) is 20.1. The molecule has 1 aliphatic heterocycles. The molecule has 2 aromatic carbocycles. The summed E-state index contributed by atoms with van der Waals surface area (Å²) in [6.45, 7) is 9.80. The summed E-state index contributed by atoms with van der Waals surface area (Å²) >= 11 is 1.36. The lowest BCUT2D eigenvalue weighted by Gasteiger charge is -2.19. The first-order chi connectivity index (χ1) is 15.7. The Morgan fingerprint density at radius 1 is 1.15 bits per heavy atom. The number of nitrogens with zero attached hydrogens (tertiary/aromatic N) is 5. The highest BCUT2D eigenvalue weighted by Crippen LogP contribution is 2.33. The summed E-state index contributed by atoms with van der Waals surface area (Å²) < 4.78 is 2.02. The molecule has 0 aliphatic carbocycles. The maximum absolute atomic E-state index is 12.9. The highest BCUT2D eigenvalue weighted by atomic mass is 32.2. The lowest BCUT2D eigenvalue weighted by molar-refractivity contribution is -0.384. The van der Waals surface area contributed by atoms with Crippen LogP contribution in [-0.2, 0) is 23.2 Å². The van der Waals surface area contributed by atoms with Crippen molar-refractivity contribution < 1.29 is 9.72 Å². The number of hydrogen-bond donors (Lipinski definition) is 0. The molecule has 2 heterocycles. The quantitative estimate of drug-likeness (QED) is 0.293. The van der Waals surface area contributed by atoms with E-state index in [1.165, 1.54) is 23.4 Å². The molecule has 0 N–H and O–H groups in total. The Kier molecular flexibility index (Phi) is 6.25. The van der Waals surface area contributed by atoms with Crippen molar-refractivity contribution >= 4 is 29.0 Å². The molecule has 0 fully saturated rings. The Balaban J connectivity index is 1.47. The van der Waals surface area contributed by atoms with Crippen molar-refractivity contribution in [1.29, 1.82) is 0 Å².